The first-order chi connectivity index (χ1) is 14.0. The molecular formula is C21H26N4O4. The normalized spacial score (nSPS) is 11.4. The summed E-state index contributed by atoms with van der Waals surface area (Å²) in [6.45, 7) is 4.80. The smallest absolute Gasteiger partial charge is 0.332 e. The number of nitrogens with zero attached hydrogens (tertiary/aromatic N) is 3. The fourth-order valence-corrected chi connectivity index (χ4v) is 3.23. The van der Waals surface area contributed by atoms with E-state index in [1.54, 1.807) is 30.9 Å². The molecule has 0 aliphatic rings. The molecule has 29 heavy (non-hydrogen) atoms. The van der Waals surface area contributed by atoms with Gasteiger partial charge in [-0.1, -0.05) is 13.8 Å². The van der Waals surface area contributed by atoms with Crippen LogP contribution in [0.1, 0.15) is 38.1 Å². The van der Waals surface area contributed by atoms with Gasteiger partial charge in [-0.25, -0.2) is 9.78 Å². The maximum atomic E-state index is 12.8. The number of hydrogen-bond acceptors (Lipinski definition) is 5. The van der Waals surface area contributed by atoms with Crippen LogP contribution in [-0.4, -0.2) is 33.3 Å². The van der Waals surface area contributed by atoms with Gasteiger partial charge >= 0.3 is 5.69 Å². The minimum atomic E-state index is -0.339. The zero-order valence-corrected chi connectivity index (χ0v) is 17.2. The molecule has 0 unspecified atom stereocenters. The monoisotopic (exact) mass is 398 g/mol. The van der Waals surface area contributed by atoms with Crippen molar-refractivity contribution in [2.45, 2.75) is 39.8 Å². The van der Waals surface area contributed by atoms with Gasteiger partial charge < -0.3 is 14.5 Å². The van der Waals surface area contributed by atoms with Crippen LogP contribution in [0.15, 0.2) is 27.8 Å². The molecule has 0 radical (unpaired) electrons. The van der Waals surface area contributed by atoms with Crippen LogP contribution in [0.2, 0.25) is 0 Å². The van der Waals surface area contributed by atoms with Crippen LogP contribution in [0.5, 0.6) is 11.5 Å². The van der Waals surface area contributed by atoms with E-state index in [0.717, 1.165) is 12.0 Å². The molecule has 0 saturated carbocycles. The van der Waals surface area contributed by atoms with Gasteiger partial charge in [0, 0.05) is 24.7 Å². The van der Waals surface area contributed by atoms with Crippen LogP contribution in [0.3, 0.4) is 0 Å². The Balaban J connectivity index is 2.09. The van der Waals surface area contributed by atoms with Crippen molar-refractivity contribution in [2.24, 2.45) is 0 Å². The molecule has 3 aromatic rings. The number of benzene rings is 1. The van der Waals surface area contributed by atoms with Gasteiger partial charge in [0.1, 0.15) is 22.8 Å². The molecule has 1 aromatic carbocycles. The summed E-state index contributed by atoms with van der Waals surface area (Å²) in [5.74, 6) is 1.85. The van der Waals surface area contributed by atoms with Gasteiger partial charge in [0.25, 0.3) is 5.56 Å². The quantitative estimate of drug-likeness (QED) is 0.630. The molecule has 154 valence electrons. The molecular weight excluding hydrogens is 372 g/mol. The fourth-order valence-electron chi connectivity index (χ4n) is 3.23. The molecule has 1 N–H and O–H groups in total. The number of aromatic nitrogens is 4. The molecule has 0 saturated heterocycles. The number of ether oxygens (including phenoxy) is 2. The van der Waals surface area contributed by atoms with E-state index in [0.29, 0.717) is 48.0 Å². The van der Waals surface area contributed by atoms with Crippen LogP contribution >= 0.6 is 0 Å². The second kappa shape index (κ2) is 8.81. The predicted molar refractivity (Wildman–Crippen MR) is 114 cm³/mol. The first-order valence-corrected chi connectivity index (χ1v) is 9.67. The fraction of sp³-hybridized carbons (Fsp3) is 0.381. The molecule has 3 rings (SSSR count). The number of aryl methyl sites for hydroxylation is 1. The summed E-state index contributed by atoms with van der Waals surface area (Å²) in [4.78, 5) is 33.1. The Bertz CT molecular complexity index is 1150. The summed E-state index contributed by atoms with van der Waals surface area (Å²) in [5, 5.41) is 0. The average molecular weight is 398 g/mol. The first-order valence-electron chi connectivity index (χ1n) is 9.67. The SMILES string of the molecule is CCCn1c(=O)c2[nH]c(C=Cc3ccc(OC)cc3OC)nc2n(CCC)c1=O. The van der Waals surface area contributed by atoms with Gasteiger partial charge in [0.15, 0.2) is 5.65 Å². The Morgan fingerprint density at radius 2 is 1.76 bits per heavy atom. The number of aromatic amines is 1. The lowest BCUT2D eigenvalue weighted by molar-refractivity contribution is 0.394. The zero-order valence-electron chi connectivity index (χ0n) is 17.2. The maximum Gasteiger partial charge on any atom is 0.332 e. The van der Waals surface area contributed by atoms with E-state index in [1.807, 2.05) is 32.1 Å². The minimum absolute atomic E-state index is 0.315. The lowest BCUT2D eigenvalue weighted by Gasteiger charge is -2.09. The number of nitrogens with one attached hydrogen (secondary N) is 1. The lowest BCUT2D eigenvalue weighted by Crippen LogP contribution is -2.40. The molecule has 0 aliphatic carbocycles. The van der Waals surface area contributed by atoms with Crippen LogP contribution in [-0.2, 0) is 13.1 Å². The van der Waals surface area contributed by atoms with E-state index >= 15 is 0 Å². The summed E-state index contributed by atoms with van der Waals surface area (Å²) in [5.41, 5.74) is 0.907. The Labute approximate surface area is 168 Å². The number of methoxy groups -OCH3 is 2. The zero-order chi connectivity index (χ0) is 21.0. The molecule has 0 atom stereocenters. The van der Waals surface area contributed by atoms with Crippen LogP contribution in [0.4, 0.5) is 0 Å². The van der Waals surface area contributed by atoms with Crippen molar-refractivity contribution < 1.29 is 9.47 Å². The molecule has 0 aliphatic heterocycles. The van der Waals surface area contributed by atoms with Gasteiger partial charge in [-0.2, -0.15) is 0 Å². The topological polar surface area (TPSA) is 91.1 Å². The standard InChI is InChI=1S/C21H26N4O4/c1-5-11-24-19-18(20(26)25(12-6-2)21(24)27)22-17(23-19)10-8-14-7-9-15(28-3)13-16(14)29-4/h7-10,13H,5-6,11-12H2,1-4H3,(H,22,23). The molecule has 2 heterocycles. The average Bonchev–Trinajstić information content (AvgIpc) is 3.17. The Morgan fingerprint density at radius 1 is 1.03 bits per heavy atom. The Morgan fingerprint density at radius 3 is 2.41 bits per heavy atom. The molecule has 0 fully saturated rings. The highest BCUT2D eigenvalue weighted by molar-refractivity contribution is 5.76. The van der Waals surface area contributed by atoms with Gasteiger partial charge in [-0.05, 0) is 37.1 Å². The molecule has 0 spiro atoms. The number of fused-ring (bicyclic) bond motifs is 1. The highest BCUT2D eigenvalue weighted by Crippen LogP contribution is 2.26. The van der Waals surface area contributed by atoms with Crippen LogP contribution in [0.25, 0.3) is 23.3 Å². The predicted octanol–water partition coefficient (Wildman–Crippen LogP) is 2.89. The Kier molecular flexibility index (Phi) is 6.21. The first kappa shape index (κ1) is 20.4. The van der Waals surface area contributed by atoms with E-state index in [-0.39, 0.29) is 11.2 Å². The van der Waals surface area contributed by atoms with Crippen molar-refractivity contribution in [3.8, 4) is 11.5 Å². The lowest BCUT2D eigenvalue weighted by atomic mass is 10.1. The van der Waals surface area contributed by atoms with E-state index in [2.05, 4.69) is 9.97 Å². The van der Waals surface area contributed by atoms with Gasteiger partial charge in [-0.3, -0.25) is 13.9 Å². The number of H-pyrrole nitrogens is 1. The highest BCUT2D eigenvalue weighted by atomic mass is 16.5. The number of imidazole rings is 1. The maximum absolute atomic E-state index is 12.8. The summed E-state index contributed by atoms with van der Waals surface area (Å²) in [7, 11) is 3.19. The van der Waals surface area contributed by atoms with E-state index in [4.69, 9.17) is 9.47 Å². The molecule has 2 aromatic heterocycles. The second-order valence-electron chi connectivity index (χ2n) is 6.65. The van der Waals surface area contributed by atoms with Crippen molar-refractivity contribution in [1.29, 1.82) is 0 Å². The van der Waals surface area contributed by atoms with Gasteiger partial charge in [0.05, 0.1) is 14.2 Å². The molecule has 0 bridgehead atoms. The molecule has 0 amide bonds. The third-order valence-electron chi connectivity index (χ3n) is 4.64. The van der Waals surface area contributed by atoms with E-state index < -0.39 is 0 Å². The highest BCUT2D eigenvalue weighted by Gasteiger charge is 2.16. The molecule has 8 heteroatoms. The van der Waals surface area contributed by atoms with Crippen molar-refractivity contribution in [2.75, 3.05) is 14.2 Å². The summed E-state index contributed by atoms with van der Waals surface area (Å²) in [6.07, 6.45) is 5.06. The van der Waals surface area contributed by atoms with Crippen LogP contribution < -0.4 is 20.7 Å². The number of hydrogen-bond donors (Lipinski definition) is 1. The second-order valence-corrected chi connectivity index (χ2v) is 6.65. The largest absolute Gasteiger partial charge is 0.497 e. The third-order valence-corrected chi connectivity index (χ3v) is 4.64. The van der Waals surface area contributed by atoms with Crippen molar-refractivity contribution >= 4 is 23.3 Å². The summed E-state index contributed by atoms with van der Waals surface area (Å²) >= 11 is 0. The van der Waals surface area contributed by atoms with Gasteiger partial charge in [0.2, 0.25) is 0 Å². The van der Waals surface area contributed by atoms with Crippen LogP contribution in [0, 0.1) is 0 Å². The Hall–Kier alpha value is -3.29. The van der Waals surface area contributed by atoms with Crippen molar-refractivity contribution in [3.05, 3.63) is 50.4 Å². The third kappa shape index (κ3) is 3.96. The summed E-state index contributed by atoms with van der Waals surface area (Å²) in [6, 6.07) is 5.50. The minimum Gasteiger partial charge on any atom is -0.497 e. The van der Waals surface area contributed by atoms with E-state index in [9.17, 15) is 9.59 Å². The number of rotatable bonds is 8. The van der Waals surface area contributed by atoms with Gasteiger partial charge in [-0.15, -0.1) is 0 Å². The van der Waals surface area contributed by atoms with Crippen molar-refractivity contribution in [1.82, 2.24) is 19.1 Å². The summed E-state index contributed by atoms with van der Waals surface area (Å²) < 4.78 is 13.5. The van der Waals surface area contributed by atoms with E-state index in [1.165, 1.54) is 4.57 Å². The molecule has 8 nitrogen and oxygen atoms in total. The van der Waals surface area contributed by atoms with Crippen molar-refractivity contribution in [3.63, 3.8) is 0 Å².